The van der Waals surface area contributed by atoms with Gasteiger partial charge in [0.05, 0.1) is 21.2 Å². The summed E-state index contributed by atoms with van der Waals surface area (Å²) in [6, 6.07) is 4.56. The molecule has 0 spiro atoms. The smallest absolute Gasteiger partial charge is 0.325 e. The zero-order valence-electron chi connectivity index (χ0n) is 10.5. The van der Waals surface area contributed by atoms with Crippen molar-refractivity contribution in [1.82, 2.24) is 9.38 Å². The summed E-state index contributed by atoms with van der Waals surface area (Å²) in [5.74, 6) is 0. The molecule has 3 heterocycles. The van der Waals surface area contributed by atoms with E-state index in [2.05, 4.69) is 4.98 Å². The molecule has 2 N–H and O–H groups in total. The Labute approximate surface area is 126 Å². The maximum Gasteiger partial charge on any atom is 0.417 e. The highest BCUT2D eigenvalue weighted by molar-refractivity contribution is 7.13. The number of alkyl halides is 3. The lowest BCUT2D eigenvalue weighted by Crippen LogP contribution is -2.09. The minimum absolute atomic E-state index is 0.0534. The Hall–Kier alpha value is -1.57. The molecule has 0 radical (unpaired) electrons. The Balaban J connectivity index is 2.32. The molecule has 0 unspecified atom stereocenters. The van der Waals surface area contributed by atoms with Gasteiger partial charge in [-0.05, 0) is 17.5 Å². The lowest BCUT2D eigenvalue weighted by atomic mass is 10.2. The van der Waals surface area contributed by atoms with E-state index in [1.807, 2.05) is 17.5 Å². The lowest BCUT2D eigenvalue weighted by molar-refractivity contribution is -0.137. The molecule has 3 aromatic heterocycles. The molecule has 0 atom stereocenters. The van der Waals surface area contributed by atoms with Crippen LogP contribution in [0.4, 0.5) is 13.2 Å². The molecule has 3 rings (SSSR count). The van der Waals surface area contributed by atoms with Crippen molar-refractivity contribution in [2.75, 3.05) is 0 Å². The Morgan fingerprint density at radius 1 is 1.38 bits per heavy atom. The van der Waals surface area contributed by atoms with Crippen LogP contribution in [0.1, 0.15) is 11.3 Å². The van der Waals surface area contributed by atoms with Crippen molar-refractivity contribution in [3.63, 3.8) is 0 Å². The number of rotatable bonds is 2. The molecule has 3 aromatic rings. The van der Waals surface area contributed by atoms with Crippen LogP contribution in [0.15, 0.2) is 29.8 Å². The molecule has 0 aliphatic rings. The van der Waals surface area contributed by atoms with Crippen molar-refractivity contribution in [3.05, 3.63) is 46.1 Å². The molecule has 0 aromatic carbocycles. The third-order valence-corrected chi connectivity index (χ3v) is 4.20. The number of pyridine rings is 1. The second-order valence-electron chi connectivity index (χ2n) is 4.36. The van der Waals surface area contributed by atoms with Crippen molar-refractivity contribution in [3.8, 4) is 10.6 Å². The summed E-state index contributed by atoms with van der Waals surface area (Å²) in [4.78, 5) is 5.18. The van der Waals surface area contributed by atoms with Crippen LogP contribution in [0.2, 0.25) is 5.02 Å². The van der Waals surface area contributed by atoms with Gasteiger partial charge in [-0.3, -0.25) is 0 Å². The number of fused-ring (bicyclic) bond motifs is 1. The van der Waals surface area contributed by atoms with E-state index in [9.17, 15) is 13.2 Å². The number of thiophene rings is 1. The van der Waals surface area contributed by atoms with Crippen LogP contribution in [0.25, 0.3) is 16.2 Å². The zero-order chi connectivity index (χ0) is 15.2. The lowest BCUT2D eigenvalue weighted by Gasteiger charge is -2.09. The molecule has 3 nitrogen and oxygen atoms in total. The van der Waals surface area contributed by atoms with Crippen LogP contribution in [-0.4, -0.2) is 9.38 Å². The molecule has 0 fully saturated rings. The van der Waals surface area contributed by atoms with E-state index in [1.54, 1.807) is 0 Å². The first-order valence-electron chi connectivity index (χ1n) is 5.93. The predicted octanol–water partition coefficient (Wildman–Crippen LogP) is 4.19. The number of halogens is 4. The average Bonchev–Trinajstić information content (AvgIpc) is 3.03. The van der Waals surface area contributed by atoms with E-state index < -0.39 is 11.7 Å². The van der Waals surface area contributed by atoms with E-state index in [0.717, 1.165) is 17.1 Å². The van der Waals surface area contributed by atoms with Crippen LogP contribution in [0, 0.1) is 0 Å². The topological polar surface area (TPSA) is 43.3 Å². The number of hydrogen-bond acceptors (Lipinski definition) is 3. The Kier molecular flexibility index (Phi) is 3.43. The average molecular weight is 332 g/mol. The first kappa shape index (κ1) is 14.4. The van der Waals surface area contributed by atoms with Crippen LogP contribution >= 0.6 is 22.9 Å². The number of nitrogens with zero attached hydrogens (tertiary/aromatic N) is 2. The van der Waals surface area contributed by atoms with Crippen molar-refractivity contribution >= 4 is 28.6 Å². The molecular formula is C13H9ClF3N3S. The molecular weight excluding hydrogens is 323 g/mol. The summed E-state index contributed by atoms with van der Waals surface area (Å²) in [7, 11) is 0. The quantitative estimate of drug-likeness (QED) is 0.765. The van der Waals surface area contributed by atoms with Crippen LogP contribution in [-0.2, 0) is 12.7 Å². The molecule has 0 saturated heterocycles. The van der Waals surface area contributed by atoms with E-state index in [4.69, 9.17) is 17.3 Å². The molecule has 0 aliphatic carbocycles. The number of aromatic nitrogens is 2. The van der Waals surface area contributed by atoms with Gasteiger partial charge in [0.25, 0.3) is 0 Å². The van der Waals surface area contributed by atoms with Gasteiger partial charge in [0.15, 0.2) is 5.65 Å². The van der Waals surface area contributed by atoms with E-state index in [1.165, 1.54) is 15.7 Å². The fourth-order valence-corrected chi connectivity index (χ4v) is 3.10. The molecule has 0 bridgehead atoms. The van der Waals surface area contributed by atoms with E-state index in [0.29, 0.717) is 11.4 Å². The highest BCUT2D eigenvalue weighted by Gasteiger charge is 2.32. The highest BCUT2D eigenvalue weighted by atomic mass is 35.5. The molecule has 0 saturated carbocycles. The first-order chi connectivity index (χ1) is 9.91. The van der Waals surface area contributed by atoms with Crippen molar-refractivity contribution in [2.45, 2.75) is 12.7 Å². The Morgan fingerprint density at radius 3 is 2.71 bits per heavy atom. The molecule has 110 valence electrons. The molecule has 0 amide bonds. The van der Waals surface area contributed by atoms with Gasteiger partial charge < -0.3 is 10.1 Å². The van der Waals surface area contributed by atoms with Gasteiger partial charge in [0.2, 0.25) is 0 Å². The van der Waals surface area contributed by atoms with Gasteiger partial charge >= 0.3 is 6.18 Å². The number of hydrogen-bond donors (Lipinski definition) is 1. The monoisotopic (exact) mass is 331 g/mol. The third-order valence-electron chi connectivity index (χ3n) is 3.05. The fourth-order valence-electron chi connectivity index (χ4n) is 2.11. The second-order valence-corrected chi connectivity index (χ2v) is 5.71. The fraction of sp³-hybridized carbons (Fsp3) is 0.154. The summed E-state index contributed by atoms with van der Waals surface area (Å²) in [6.45, 7) is 0.0615. The van der Waals surface area contributed by atoms with E-state index >= 15 is 0 Å². The SMILES string of the molecule is NCc1c(-c2cccs2)nc2c(Cl)cc(C(F)(F)F)cn12. The maximum absolute atomic E-state index is 12.9. The maximum atomic E-state index is 12.9. The molecule has 21 heavy (non-hydrogen) atoms. The normalized spacial score (nSPS) is 12.2. The van der Waals surface area contributed by atoms with E-state index in [-0.39, 0.29) is 17.2 Å². The van der Waals surface area contributed by atoms with Crippen LogP contribution < -0.4 is 5.73 Å². The minimum atomic E-state index is -4.48. The van der Waals surface area contributed by atoms with Gasteiger partial charge in [-0.1, -0.05) is 17.7 Å². The summed E-state index contributed by atoms with van der Waals surface area (Å²) in [6.07, 6.45) is -3.50. The van der Waals surface area contributed by atoms with Gasteiger partial charge in [0, 0.05) is 12.7 Å². The van der Waals surface area contributed by atoms with Gasteiger partial charge in [-0.25, -0.2) is 4.98 Å². The summed E-state index contributed by atoms with van der Waals surface area (Å²) >= 11 is 7.39. The van der Waals surface area contributed by atoms with Crippen LogP contribution in [0.3, 0.4) is 0 Å². The predicted molar refractivity (Wildman–Crippen MR) is 76.4 cm³/mol. The molecule has 8 heteroatoms. The second kappa shape index (κ2) is 5.01. The number of imidazole rings is 1. The van der Waals surface area contributed by atoms with Gasteiger partial charge in [-0.15, -0.1) is 11.3 Å². The van der Waals surface area contributed by atoms with Gasteiger partial charge in [0.1, 0.15) is 5.69 Å². The molecule has 0 aliphatic heterocycles. The zero-order valence-corrected chi connectivity index (χ0v) is 12.1. The standard InChI is InChI=1S/C13H9ClF3N3S/c14-8-4-7(13(15,16)17)6-20-9(5-18)11(19-12(8)20)10-2-1-3-21-10/h1-4,6H,5,18H2. The van der Waals surface area contributed by atoms with Crippen molar-refractivity contribution in [2.24, 2.45) is 5.73 Å². The summed E-state index contributed by atoms with van der Waals surface area (Å²) in [5, 5.41) is 1.81. The summed E-state index contributed by atoms with van der Waals surface area (Å²) in [5.41, 5.74) is 6.20. The van der Waals surface area contributed by atoms with Crippen molar-refractivity contribution < 1.29 is 13.2 Å². The Bertz CT molecular complexity index is 793. The highest BCUT2D eigenvalue weighted by Crippen LogP contribution is 2.35. The Morgan fingerprint density at radius 2 is 2.14 bits per heavy atom. The number of nitrogens with two attached hydrogens (primary N) is 1. The van der Waals surface area contributed by atoms with Gasteiger partial charge in [-0.2, -0.15) is 13.2 Å². The first-order valence-corrected chi connectivity index (χ1v) is 7.19. The largest absolute Gasteiger partial charge is 0.417 e. The third kappa shape index (κ3) is 2.41. The van der Waals surface area contributed by atoms with Crippen LogP contribution in [0.5, 0.6) is 0 Å². The minimum Gasteiger partial charge on any atom is -0.325 e. The summed E-state index contributed by atoms with van der Waals surface area (Å²) < 4.78 is 40.0. The van der Waals surface area contributed by atoms with Crippen molar-refractivity contribution in [1.29, 1.82) is 0 Å².